The molecule has 0 aromatic rings. The molecule has 2 fully saturated rings. The van der Waals surface area contributed by atoms with Gasteiger partial charge in [0.25, 0.3) is 0 Å². The summed E-state index contributed by atoms with van der Waals surface area (Å²) in [5, 5.41) is 0. The van der Waals surface area contributed by atoms with Crippen LogP contribution in [0.25, 0.3) is 0 Å². The summed E-state index contributed by atoms with van der Waals surface area (Å²) < 4.78 is 0. The average Bonchev–Trinajstić information content (AvgIpc) is 2.85. The molecular formula is C16H33N3. The summed E-state index contributed by atoms with van der Waals surface area (Å²) in [5.74, 6) is 8.48. The zero-order valence-corrected chi connectivity index (χ0v) is 13.3. The second kappa shape index (κ2) is 6.11. The average molecular weight is 267 g/mol. The van der Waals surface area contributed by atoms with Gasteiger partial charge < -0.3 is 4.90 Å². The van der Waals surface area contributed by atoms with Crippen molar-refractivity contribution in [1.29, 1.82) is 0 Å². The number of nitrogens with one attached hydrogen (secondary N) is 1. The van der Waals surface area contributed by atoms with E-state index in [1.54, 1.807) is 0 Å². The van der Waals surface area contributed by atoms with E-state index in [0.29, 0.717) is 11.6 Å². The summed E-state index contributed by atoms with van der Waals surface area (Å²) in [5.41, 5.74) is 3.52. The Hall–Kier alpha value is -0.120. The largest absolute Gasteiger partial charge is 0.302 e. The van der Waals surface area contributed by atoms with Crippen LogP contribution in [0.4, 0.5) is 0 Å². The fraction of sp³-hybridized carbons (Fsp3) is 1.00. The van der Waals surface area contributed by atoms with Crippen LogP contribution in [0.15, 0.2) is 0 Å². The van der Waals surface area contributed by atoms with Crippen LogP contribution in [0.3, 0.4) is 0 Å². The lowest BCUT2D eigenvalue weighted by Gasteiger charge is -2.48. The first-order valence-corrected chi connectivity index (χ1v) is 8.15. The minimum absolute atomic E-state index is 0.291. The minimum atomic E-state index is 0.291. The highest BCUT2D eigenvalue weighted by Gasteiger charge is 2.47. The molecule has 0 aromatic carbocycles. The van der Waals surface area contributed by atoms with Crippen molar-refractivity contribution >= 4 is 0 Å². The lowest BCUT2D eigenvalue weighted by Crippen LogP contribution is -2.62. The molecule has 0 radical (unpaired) electrons. The van der Waals surface area contributed by atoms with Crippen molar-refractivity contribution in [2.75, 3.05) is 14.1 Å². The monoisotopic (exact) mass is 267 g/mol. The highest BCUT2D eigenvalue weighted by atomic mass is 15.3. The van der Waals surface area contributed by atoms with E-state index in [0.717, 1.165) is 17.8 Å². The van der Waals surface area contributed by atoms with E-state index >= 15 is 0 Å². The maximum Gasteiger partial charge on any atom is 0.0422 e. The topological polar surface area (TPSA) is 41.3 Å². The summed E-state index contributed by atoms with van der Waals surface area (Å²) >= 11 is 0. The third-order valence-corrected chi connectivity index (χ3v) is 6.23. The number of nitrogens with two attached hydrogens (primary N) is 1. The van der Waals surface area contributed by atoms with Crippen molar-refractivity contribution in [3.63, 3.8) is 0 Å². The molecule has 0 spiro atoms. The zero-order chi connectivity index (χ0) is 14.0. The molecule has 4 unspecified atom stereocenters. The molecule has 2 aliphatic rings. The van der Waals surface area contributed by atoms with Gasteiger partial charge in [-0.05, 0) is 57.5 Å². The zero-order valence-electron chi connectivity index (χ0n) is 13.3. The predicted octanol–water partition coefficient (Wildman–Crippen LogP) is 2.77. The Kier molecular flexibility index (Phi) is 4.91. The van der Waals surface area contributed by atoms with E-state index in [4.69, 9.17) is 5.84 Å². The van der Waals surface area contributed by atoms with E-state index in [-0.39, 0.29) is 0 Å². The lowest BCUT2D eigenvalue weighted by molar-refractivity contribution is 0.0453. The number of hydrogen-bond acceptors (Lipinski definition) is 3. The van der Waals surface area contributed by atoms with Crippen LogP contribution in [-0.2, 0) is 0 Å². The Labute approximate surface area is 119 Å². The summed E-state index contributed by atoms with van der Waals surface area (Å²) in [4.78, 5) is 2.45. The molecule has 0 aliphatic heterocycles. The number of rotatable bonds is 4. The van der Waals surface area contributed by atoms with Gasteiger partial charge in [0.2, 0.25) is 0 Å². The molecule has 0 saturated heterocycles. The Morgan fingerprint density at radius 2 is 1.74 bits per heavy atom. The number of hydrazine groups is 1. The molecule has 112 valence electrons. The smallest absolute Gasteiger partial charge is 0.0422 e. The lowest BCUT2D eigenvalue weighted by atomic mass is 9.68. The van der Waals surface area contributed by atoms with Gasteiger partial charge in [-0.15, -0.1) is 0 Å². The van der Waals surface area contributed by atoms with Crippen LogP contribution in [0.1, 0.15) is 58.8 Å². The Balaban J connectivity index is 2.14. The quantitative estimate of drug-likeness (QED) is 0.608. The third kappa shape index (κ3) is 2.84. The highest BCUT2D eigenvalue weighted by Crippen LogP contribution is 2.44. The molecule has 3 heteroatoms. The van der Waals surface area contributed by atoms with Crippen molar-refractivity contribution in [3.05, 3.63) is 0 Å². The molecule has 0 heterocycles. The van der Waals surface area contributed by atoms with E-state index in [2.05, 4.69) is 38.3 Å². The van der Waals surface area contributed by atoms with Gasteiger partial charge in [-0.25, -0.2) is 0 Å². The summed E-state index contributed by atoms with van der Waals surface area (Å²) in [7, 11) is 4.48. The molecule has 3 N–H and O–H groups in total. The van der Waals surface area contributed by atoms with Crippen LogP contribution in [0.5, 0.6) is 0 Å². The molecule has 0 bridgehead atoms. The first-order chi connectivity index (χ1) is 9.01. The molecule has 2 saturated carbocycles. The predicted molar refractivity (Wildman–Crippen MR) is 81.7 cm³/mol. The van der Waals surface area contributed by atoms with Gasteiger partial charge in [0.1, 0.15) is 0 Å². The molecule has 4 atom stereocenters. The highest BCUT2D eigenvalue weighted by molar-refractivity contribution is 5.04. The van der Waals surface area contributed by atoms with E-state index in [1.165, 1.54) is 44.9 Å². The van der Waals surface area contributed by atoms with Gasteiger partial charge in [0.15, 0.2) is 0 Å². The second-order valence-electron chi connectivity index (χ2n) is 7.38. The van der Waals surface area contributed by atoms with Crippen molar-refractivity contribution < 1.29 is 0 Å². The van der Waals surface area contributed by atoms with Crippen LogP contribution >= 0.6 is 0 Å². The van der Waals surface area contributed by atoms with Gasteiger partial charge in [0, 0.05) is 11.6 Å². The van der Waals surface area contributed by atoms with Gasteiger partial charge in [-0.2, -0.15) is 0 Å². The molecule has 19 heavy (non-hydrogen) atoms. The van der Waals surface area contributed by atoms with E-state index in [1.807, 2.05) is 0 Å². The molecule has 0 amide bonds. The Morgan fingerprint density at radius 3 is 2.21 bits per heavy atom. The first kappa shape index (κ1) is 15.3. The van der Waals surface area contributed by atoms with E-state index < -0.39 is 0 Å². The Bertz CT molecular complexity index is 284. The fourth-order valence-electron chi connectivity index (χ4n) is 4.65. The summed E-state index contributed by atoms with van der Waals surface area (Å²) in [6.45, 7) is 4.82. The van der Waals surface area contributed by atoms with Gasteiger partial charge >= 0.3 is 0 Å². The summed E-state index contributed by atoms with van der Waals surface area (Å²) in [6, 6.07) is 0.458. The van der Waals surface area contributed by atoms with Crippen LogP contribution < -0.4 is 11.3 Å². The van der Waals surface area contributed by atoms with Gasteiger partial charge in [-0.1, -0.05) is 33.1 Å². The maximum absolute atomic E-state index is 6.01. The Morgan fingerprint density at radius 1 is 1.11 bits per heavy atom. The van der Waals surface area contributed by atoms with Gasteiger partial charge in [0.05, 0.1) is 0 Å². The van der Waals surface area contributed by atoms with Crippen molar-refractivity contribution in [1.82, 2.24) is 10.3 Å². The van der Waals surface area contributed by atoms with Crippen LogP contribution in [0, 0.1) is 17.8 Å². The first-order valence-electron chi connectivity index (χ1n) is 8.15. The van der Waals surface area contributed by atoms with Crippen LogP contribution in [0.2, 0.25) is 0 Å². The van der Waals surface area contributed by atoms with Crippen LogP contribution in [-0.4, -0.2) is 30.6 Å². The number of hydrogen-bond donors (Lipinski definition) is 2. The number of nitrogens with zero attached hydrogens (tertiary/aromatic N) is 1. The maximum atomic E-state index is 6.01. The summed E-state index contributed by atoms with van der Waals surface area (Å²) in [6.07, 6.45) is 9.36. The molecular weight excluding hydrogens is 234 g/mol. The molecule has 2 rings (SSSR count). The molecule has 0 aromatic heterocycles. The van der Waals surface area contributed by atoms with E-state index in [9.17, 15) is 0 Å². The third-order valence-electron chi connectivity index (χ3n) is 6.23. The van der Waals surface area contributed by atoms with Crippen molar-refractivity contribution in [2.45, 2.75) is 70.4 Å². The normalized spacial score (nSPS) is 36.6. The fourth-order valence-corrected chi connectivity index (χ4v) is 4.65. The van der Waals surface area contributed by atoms with Crippen molar-refractivity contribution in [2.24, 2.45) is 23.6 Å². The van der Waals surface area contributed by atoms with Gasteiger partial charge in [-0.3, -0.25) is 11.3 Å². The second-order valence-corrected chi connectivity index (χ2v) is 7.38. The number of likely N-dealkylation sites (N-methyl/N-ethyl adjacent to an activating group) is 1. The minimum Gasteiger partial charge on any atom is -0.302 e. The SMILES string of the molecule is CC1CCC(C(NN)C2(N(C)C)CCCC2)CC1C. The standard InChI is InChI=1S/C16H33N3/c1-12-7-8-14(11-13(12)2)15(18-17)16(19(3)4)9-5-6-10-16/h12-15,18H,5-11,17H2,1-4H3. The molecule has 3 nitrogen and oxygen atoms in total. The van der Waals surface area contributed by atoms with Crippen molar-refractivity contribution in [3.8, 4) is 0 Å². The molecule has 2 aliphatic carbocycles.